The quantitative estimate of drug-likeness (QED) is 0.421. The molecule has 0 aromatic carbocycles. The van der Waals surface area contributed by atoms with Crippen LogP contribution in [0.3, 0.4) is 0 Å². The summed E-state index contributed by atoms with van der Waals surface area (Å²) in [6.07, 6.45) is 9.39. The normalized spacial score (nSPS) is 28.0. The molecule has 1 nitrogen and oxygen atoms in total. The van der Waals surface area contributed by atoms with Crippen LogP contribution in [0, 0.1) is 0 Å². The maximum absolute atomic E-state index is 5.43. The topological polar surface area (TPSA) is 12.5 Å². The first-order chi connectivity index (χ1) is 5.38. The fraction of sp³-hybridized carbons (Fsp3) is 0.600. The highest BCUT2D eigenvalue weighted by atomic mass is 16.6. The Kier molecular flexibility index (Phi) is 3.37. The lowest BCUT2D eigenvalue weighted by atomic mass is 10.1. The number of hydrogen-bond acceptors (Lipinski definition) is 1. The van der Waals surface area contributed by atoms with Crippen molar-refractivity contribution in [3.8, 4) is 0 Å². The van der Waals surface area contributed by atoms with Gasteiger partial charge in [-0.1, -0.05) is 12.2 Å². The molecule has 0 saturated carbocycles. The van der Waals surface area contributed by atoms with Crippen LogP contribution in [0.4, 0.5) is 0 Å². The Morgan fingerprint density at radius 1 is 1.00 bits per heavy atom. The standard InChI is InChI=1S/C10H16O/c1-3-5-7-9-10(11-9)8-6-4-2/h3-4,9-10H,1-2,5-8H2. The van der Waals surface area contributed by atoms with Crippen LogP contribution in [0.15, 0.2) is 25.3 Å². The summed E-state index contributed by atoms with van der Waals surface area (Å²) >= 11 is 0. The van der Waals surface area contributed by atoms with Crippen LogP contribution in [-0.4, -0.2) is 12.2 Å². The number of hydrogen-bond donors (Lipinski definition) is 0. The summed E-state index contributed by atoms with van der Waals surface area (Å²) in [5.74, 6) is 0. The van der Waals surface area contributed by atoms with Crippen molar-refractivity contribution >= 4 is 0 Å². The zero-order valence-electron chi connectivity index (χ0n) is 6.96. The first-order valence-electron chi connectivity index (χ1n) is 4.25. The van der Waals surface area contributed by atoms with Crippen molar-refractivity contribution in [2.45, 2.75) is 37.9 Å². The molecule has 0 aromatic rings. The number of rotatable bonds is 6. The minimum Gasteiger partial charge on any atom is -0.370 e. The van der Waals surface area contributed by atoms with Crippen LogP contribution in [0.1, 0.15) is 25.7 Å². The summed E-state index contributed by atoms with van der Waals surface area (Å²) in [5.41, 5.74) is 0. The third-order valence-electron chi connectivity index (χ3n) is 2.00. The van der Waals surface area contributed by atoms with Crippen molar-refractivity contribution in [3.63, 3.8) is 0 Å². The van der Waals surface area contributed by atoms with Gasteiger partial charge in [0.15, 0.2) is 0 Å². The van der Waals surface area contributed by atoms with Crippen LogP contribution in [0.25, 0.3) is 0 Å². The van der Waals surface area contributed by atoms with Gasteiger partial charge in [0.2, 0.25) is 0 Å². The summed E-state index contributed by atoms with van der Waals surface area (Å²) in [4.78, 5) is 0. The van der Waals surface area contributed by atoms with Crippen LogP contribution in [0.2, 0.25) is 0 Å². The smallest absolute Gasteiger partial charge is 0.0845 e. The van der Waals surface area contributed by atoms with Gasteiger partial charge in [-0.25, -0.2) is 0 Å². The molecule has 1 heteroatoms. The van der Waals surface area contributed by atoms with E-state index in [2.05, 4.69) is 13.2 Å². The van der Waals surface area contributed by atoms with Crippen LogP contribution in [0.5, 0.6) is 0 Å². The summed E-state index contributed by atoms with van der Waals surface area (Å²) in [5, 5.41) is 0. The fourth-order valence-corrected chi connectivity index (χ4v) is 1.25. The van der Waals surface area contributed by atoms with Crippen molar-refractivity contribution in [2.24, 2.45) is 0 Å². The molecular weight excluding hydrogens is 136 g/mol. The van der Waals surface area contributed by atoms with E-state index in [1.165, 1.54) is 0 Å². The lowest BCUT2D eigenvalue weighted by Crippen LogP contribution is -1.92. The van der Waals surface area contributed by atoms with Crippen molar-refractivity contribution in [2.75, 3.05) is 0 Å². The minimum absolute atomic E-state index is 0.521. The molecular formula is C10H16O. The molecule has 2 atom stereocenters. The molecule has 2 unspecified atom stereocenters. The van der Waals surface area contributed by atoms with Gasteiger partial charge in [0.1, 0.15) is 0 Å². The average Bonchev–Trinajstić information content (AvgIpc) is 2.76. The van der Waals surface area contributed by atoms with Crippen LogP contribution >= 0.6 is 0 Å². The monoisotopic (exact) mass is 152 g/mol. The summed E-state index contributed by atoms with van der Waals surface area (Å²) in [6.45, 7) is 7.35. The number of allylic oxidation sites excluding steroid dienone is 2. The second kappa shape index (κ2) is 4.35. The van der Waals surface area contributed by atoms with Gasteiger partial charge < -0.3 is 4.74 Å². The van der Waals surface area contributed by atoms with Crippen LogP contribution in [-0.2, 0) is 4.74 Å². The highest BCUT2D eigenvalue weighted by molar-refractivity contribution is 4.88. The average molecular weight is 152 g/mol. The van der Waals surface area contributed by atoms with Gasteiger partial charge in [-0.05, 0) is 25.7 Å². The van der Waals surface area contributed by atoms with Crippen LogP contribution < -0.4 is 0 Å². The molecule has 0 bridgehead atoms. The summed E-state index contributed by atoms with van der Waals surface area (Å²) < 4.78 is 5.43. The highest BCUT2D eigenvalue weighted by Crippen LogP contribution is 2.30. The van der Waals surface area contributed by atoms with E-state index in [-0.39, 0.29) is 0 Å². The van der Waals surface area contributed by atoms with Gasteiger partial charge in [-0.2, -0.15) is 0 Å². The van der Waals surface area contributed by atoms with E-state index in [1.807, 2.05) is 12.2 Å². The molecule has 1 saturated heterocycles. The molecule has 0 radical (unpaired) electrons. The lowest BCUT2D eigenvalue weighted by molar-refractivity contribution is 0.357. The third kappa shape index (κ3) is 2.89. The molecule has 1 aliphatic heterocycles. The zero-order valence-corrected chi connectivity index (χ0v) is 6.96. The maximum Gasteiger partial charge on any atom is 0.0845 e. The fourth-order valence-electron chi connectivity index (χ4n) is 1.25. The van der Waals surface area contributed by atoms with E-state index in [1.54, 1.807) is 0 Å². The molecule has 1 fully saturated rings. The molecule has 0 N–H and O–H groups in total. The minimum atomic E-state index is 0.521. The SMILES string of the molecule is C=CCCC1OC1CCC=C. The Balaban J connectivity index is 1.97. The second-order valence-corrected chi connectivity index (χ2v) is 2.95. The molecule has 11 heavy (non-hydrogen) atoms. The Morgan fingerprint density at radius 2 is 1.45 bits per heavy atom. The molecule has 1 aliphatic rings. The van der Waals surface area contributed by atoms with Gasteiger partial charge in [0.25, 0.3) is 0 Å². The van der Waals surface area contributed by atoms with Crippen molar-refractivity contribution < 1.29 is 4.74 Å². The Morgan fingerprint density at radius 3 is 1.82 bits per heavy atom. The zero-order chi connectivity index (χ0) is 8.10. The van der Waals surface area contributed by atoms with E-state index < -0.39 is 0 Å². The highest BCUT2D eigenvalue weighted by Gasteiger charge is 2.36. The Hall–Kier alpha value is -0.560. The van der Waals surface area contributed by atoms with E-state index in [9.17, 15) is 0 Å². The van der Waals surface area contributed by atoms with E-state index in [0.717, 1.165) is 25.7 Å². The van der Waals surface area contributed by atoms with E-state index in [4.69, 9.17) is 4.74 Å². The first kappa shape index (κ1) is 8.54. The second-order valence-electron chi connectivity index (χ2n) is 2.95. The molecule has 62 valence electrons. The molecule has 1 rings (SSSR count). The first-order valence-corrected chi connectivity index (χ1v) is 4.25. The van der Waals surface area contributed by atoms with E-state index >= 15 is 0 Å². The Labute approximate surface area is 68.8 Å². The van der Waals surface area contributed by atoms with Crippen molar-refractivity contribution in [1.82, 2.24) is 0 Å². The Bertz CT molecular complexity index is 124. The van der Waals surface area contributed by atoms with Gasteiger partial charge in [-0.3, -0.25) is 0 Å². The molecule has 0 amide bonds. The van der Waals surface area contributed by atoms with Gasteiger partial charge >= 0.3 is 0 Å². The molecule has 0 spiro atoms. The molecule has 1 heterocycles. The largest absolute Gasteiger partial charge is 0.370 e. The van der Waals surface area contributed by atoms with Gasteiger partial charge in [0.05, 0.1) is 12.2 Å². The predicted molar refractivity (Wildman–Crippen MR) is 47.5 cm³/mol. The predicted octanol–water partition coefficient (Wildman–Crippen LogP) is 2.69. The molecule has 0 aliphatic carbocycles. The van der Waals surface area contributed by atoms with Gasteiger partial charge in [-0.15, -0.1) is 13.2 Å². The maximum atomic E-state index is 5.43. The number of ether oxygens (including phenoxy) is 1. The van der Waals surface area contributed by atoms with Crippen molar-refractivity contribution in [3.05, 3.63) is 25.3 Å². The number of epoxide rings is 1. The summed E-state index contributed by atoms with van der Waals surface area (Å²) in [6, 6.07) is 0. The third-order valence-corrected chi connectivity index (χ3v) is 2.00. The molecule has 0 aromatic heterocycles. The van der Waals surface area contributed by atoms with E-state index in [0.29, 0.717) is 12.2 Å². The summed E-state index contributed by atoms with van der Waals surface area (Å²) in [7, 11) is 0. The van der Waals surface area contributed by atoms with Crippen molar-refractivity contribution in [1.29, 1.82) is 0 Å². The van der Waals surface area contributed by atoms with Gasteiger partial charge in [0, 0.05) is 0 Å². The lowest BCUT2D eigenvalue weighted by Gasteiger charge is -1.89.